The van der Waals surface area contributed by atoms with Crippen LogP contribution in [0.3, 0.4) is 0 Å². The van der Waals surface area contributed by atoms with Gasteiger partial charge in [-0.15, -0.1) is 0 Å². The first-order valence-electron chi connectivity index (χ1n) is 9.04. The summed E-state index contributed by atoms with van der Waals surface area (Å²) in [5.74, 6) is -0.990. The van der Waals surface area contributed by atoms with Crippen LogP contribution in [0, 0.1) is 11.8 Å². The highest BCUT2D eigenvalue weighted by Crippen LogP contribution is 2.36. The van der Waals surface area contributed by atoms with Crippen molar-refractivity contribution < 1.29 is 19.4 Å². The number of aliphatic hydroxyl groups excluding tert-OH is 2. The number of hydrogen-bond donors (Lipinski definition) is 2. The lowest BCUT2D eigenvalue weighted by molar-refractivity contribution is -0.115. The van der Waals surface area contributed by atoms with E-state index in [2.05, 4.69) is 39.9 Å². The van der Waals surface area contributed by atoms with Gasteiger partial charge in [0.2, 0.25) is 0 Å². The fourth-order valence-corrected chi connectivity index (χ4v) is 3.57. The van der Waals surface area contributed by atoms with Gasteiger partial charge in [0.05, 0.1) is 25.2 Å². The lowest BCUT2D eigenvalue weighted by Crippen LogP contribution is -2.40. The van der Waals surface area contributed by atoms with E-state index in [4.69, 9.17) is 4.43 Å². The average molecular weight is 367 g/mol. The van der Waals surface area contributed by atoms with E-state index in [9.17, 15) is 15.0 Å². The molecule has 1 aliphatic carbocycles. The molecular weight excluding hydrogens is 332 g/mol. The van der Waals surface area contributed by atoms with E-state index < -0.39 is 20.3 Å². The van der Waals surface area contributed by atoms with Gasteiger partial charge in [-0.2, -0.15) is 0 Å². The summed E-state index contributed by atoms with van der Waals surface area (Å²) in [6, 6.07) is 0. The van der Waals surface area contributed by atoms with Crippen molar-refractivity contribution in [3.63, 3.8) is 0 Å². The Bertz CT molecular complexity index is 514. The van der Waals surface area contributed by atoms with Gasteiger partial charge < -0.3 is 19.4 Å². The largest absolute Gasteiger partial charge is 0.413 e. The van der Waals surface area contributed by atoms with Crippen molar-refractivity contribution in [2.45, 2.75) is 57.8 Å². The average Bonchev–Trinajstić information content (AvgIpc) is 2.56. The van der Waals surface area contributed by atoms with Gasteiger partial charge in [0.15, 0.2) is 8.32 Å². The lowest BCUT2D eigenvalue weighted by atomic mass is 9.80. The molecule has 5 heteroatoms. The molecule has 0 fully saturated rings. The van der Waals surface area contributed by atoms with Gasteiger partial charge in [-0.25, -0.2) is 0 Å². The van der Waals surface area contributed by atoms with Gasteiger partial charge in [0.1, 0.15) is 6.29 Å². The standard InChI is InChI=1S/C20H34O4Si/c1-20(2,3)25(4,5)24-13-9-12-19(23)18(15-22)17(14-21)16-10-7-6-8-11-16/h6-7,9-10,12,15,17-19,21,23H,8,11,13-14H2,1-5H3. The molecule has 0 saturated carbocycles. The Hall–Kier alpha value is -1.01. The fourth-order valence-electron chi connectivity index (χ4n) is 2.63. The van der Waals surface area contributed by atoms with Gasteiger partial charge in [-0.05, 0) is 31.0 Å². The number of hydrogen-bond acceptors (Lipinski definition) is 4. The third-order valence-electron chi connectivity index (χ3n) is 5.41. The SMILES string of the molecule is CC(C)(C)[Si](C)(C)OCC=CC(O)C(C=O)C(CO)C1=CC=CCC1. The summed E-state index contributed by atoms with van der Waals surface area (Å²) >= 11 is 0. The molecule has 0 radical (unpaired) electrons. The van der Waals surface area contributed by atoms with Crippen LogP contribution in [0.25, 0.3) is 0 Å². The normalized spacial score (nSPS) is 19.6. The van der Waals surface area contributed by atoms with E-state index in [1.54, 1.807) is 12.2 Å². The zero-order valence-corrected chi connectivity index (χ0v) is 17.2. The molecule has 0 aliphatic heterocycles. The van der Waals surface area contributed by atoms with Crippen LogP contribution in [0.15, 0.2) is 36.0 Å². The number of carbonyl (C=O) groups excluding carboxylic acids is 1. The predicted octanol–water partition coefficient (Wildman–Crippen LogP) is 3.63. The Labute approximate surface area is 153 Å². The molecule has 142 valence electrons. The van der Waals surface area contributed by atoms with Crippen LogP contribution < -0.4 is 0 Å². The molecular formula is C20H34O4Si. The highest BCUT2D eigenvalue weighted by molar-refractivity contribution is 6.74. The summed E-state index contributed by atoms with van der Waals surface area (Å²) in [6.07, 6.45) is 10.9. The number of aldehydes is 1. The molecule has 0 heterocycles. The van der Waals surface area contributed by atoms with Crippen LogP contribution in [0.4, 0.5) is 0 Å². The van der Waals surface area contributed by atoms with Crippen LogP contribution in [0.5, 0.6) is 0 Å². The summed E-state index contributed by atoms with van der Waals surface area (Å²) in [6.45, 7) is 11.2. The Morgan fingerprint density at radius 3 is 2.52 bits per heavy atom. The monoisotopic (exact) mass is 366 g/mol. The van der Waals surface area contributed by atoms with E-state index in [0.717, 1.165) is 24.7 Å². The molecule has 4 nitrogen and oxygen atoms in total. The van der Waals surface area contributed by atoms with Gasteiger partial charge in [-0.3, -0.25) is 0 Å². The number of allylic oxidation sites excluding steroid dienone is 3. The Morgan fingerprint density at radius 2 is 2.04 bits per heavy atom. The molecule has 3 unspecified atom stereocenters. The Balaban J connectivity index is 2.69. The molecule has 25 heavy (non-hydrogen) atoms. The highest BCUT2D eigenvalue weighted by Gasteiger charge is 2.36. The van der Waals surface area contributed by atoms with Crippen LogP contribution >= 0.6 is 0 Å². The van der Waals surface area contributed by atoms with Crippen molar-refractivity contribution in [3.05, 3.63) is 36.0 Å². The molecule has 1 aliphatic rings. The van der Waals surface area contributed by atoms with Crippen molar-refractivity contribution >= 4 is 14.6 Å². The van der Waals surface area contributed by atoms with Gasteiger partial charge in [0.25, 0.3) is 0 Å². The van der Waals surface area contributed by atoms with Crippen molar-refractivity contribution in [2.24, 2.45) is 11.8 Å². The van der Waals surface area contributed by atoms with E-state index in [0.29, 0.717) is 6.61 Å². The first-order valence-corrected chi connectivity index (χ1v) is 12.0. The Morgan fingerprint density at radius 1 is 1.36 bits per heavy atom. The van der Waals surface area contributed by atoms with E-state index in [-0.39, 0.29) is 17.6 Å². The summed E-state index contributed by atoms with van der Waals surface area (Å²) in [5, 5.41) is 20.3. The summed E-state index contributed by atoms with van der Waals surface area (Å²) in [5.41, 5.74) is 1.02. The third kappa shape index (κ3) is 6.33. The quantitative estimate of drug-likeness (QED) is 0.371. The molecule has 0 bridgehead atoms. The van der Waals surface area contributed by atoms with Gasteiger partial charge >= 0.3 is 0 Å². The van der Waals surface area contributed by atoms with Crippen LogP contribution in [0.1, 0.15) is 33.6 Å². The Kier molecular flexibility index (Phi) is 8.48. The van der Waals surface area contributed by atoms with Gasteiger partial charge in [-0.1, -0.05) is 56.7 Å². The second-order valence-corrected chi connectivity index (χ2v) is 13.0. The van der Waals surface area contributed by atoms with Crippen molar-refractivity contribution in [1.29, 1.82) is 0 Å². The molecule has 0 aromatic carbocycles. The molecule has 2 N–H and O–H groups in total. The first-order chi connectivity index (χ1) is 11.6. The smallest absolute Gasteiger partial charge is 0.192 e. The number of aliphatic hydroxyl groups is 2. The predicted molar refractivity (Wildman–Crippen MR) is 105 cm³/mol. The third-order valence-corrected chi connectivity index (χ3v) is 9.92. The second-order valence-electron chi connectivity index (χ2n) is 8.20. The van der Waals surface area contributed by atoms with Crippen molar-refractivity contribution in [3.8, 4) is 0 Å². The molecule has 0 spiro atoms. The fraction of sp³-hybridized carbons (Fsp3) is 0.650. The minimum atomic E-state index is -1.83. The summed E-state index contributed by atoms with van der Waals surface area (Å²) in [4.78, 5) is 11.5. The van der Waals surface area contributed by atoms with E-state index in [1.165, 1.54) is 0 Å². The summed E-state index contributed by atoms with van der Waals surface area (Å²) < 4.78 is 6.04. The zero-order chi connectivity index (χ0) is 19.1. The molecule has 0 amide bonds. The highest BCUT2D eigenvalue weighted by atomic mass is 28.4. The second kappa shape index (κ2) is 9.62. The van der Waals surface area contributed by atoms with Crippen LogP contribution in [0.2, 0.25) is 18.1 Å². The first kappa shape index (κ1) is 22.0. The summed E-state index contributed by atoms with van der Waals surface area (Å²) in [7, 11) is -1.83. The van der Waals surface area contributed by atoms with Crippen molar-refractivity contribution in [1.82, 2.24) is 0 Å². The van der Waals surface area contributed by atoms with E-state index >= 15 is 0 Å². The lowest BCUT2D eigenvalue weighted by Gasteiger charge is -2.35. The molecule has 1 rings (SSSR count). The minimum Gasteiger partial charge on any atom is -0.413 e. The molecule has 0 saturated heterocycles. The van der Waals surface area contributed by atoms with E-state index in [1.807, 2.05) is 12.2 Å². The van der Waals surface area contributed by atoms with Crippen molar-refractivity contribution in [2.75, 3.05) is 13.2 Å². The number of carbonyl (C=O) groups is 1. The molecule has 3 atom stereocenters. The molecule has 0 aromatic heterocycles. The van der Waals surface area contributed by atoms with Crippen LogP contribution in [-0.4, -0.2) is 44.1 Å². The number of rotatable bonds is 9. The minimum absolute atomic E-state index is 0.133. The maximum Gasteiger partial charge on any atom is 0.192 e. The van der Waals surface area contributed by atoms with Gasteiger partial charge in [0, 0.05) is 5.92 Å². The molecule has 0 aromatic rings. The zero-order valence-electron chi connectivity index (χ0n) is 16.2. The topological polar surface area (TPSA) is 66.8 Å². The maximum atomic E-state index is 11.5. The maximum absolute atomic E-state index is 11.5. The van der Waals surface area contributed by atoms with Crippen LogP contribution in [-0.2, 0) is 9.22 Å².